The molecule has 3 N–H and O–H groups in total. The molecule has 6 nitrogen and oxygen atoms in total. The summed E-state index contributed by atoms with van der Waals surface area (Å²) in [6.07, 6.45) is 0. The molecule has 0 bridgehead atoms. The minimum Gasteiger partial charge on any atom is -0.307 e. The Bertz CT molecular complexity index is 445. The molecule has 0 aliphatic carbocycles. The smallest absolute Gasteiger partial charge is 0.178 e. The molecular weight excluding hydrogens is 168 g/mol. The van der Waals surface area contributed by atoms with Crippen molar-refractivity contribution < 1.29 is 0 Å². The second-order valence-corrected chi connectivity index (χ2v) is 2.84. The Morgan fingerprint density at radius 1 is 1.38 bits per heavy atom. The molecule has 2 heterocycles. The van der Waals surface area contributed by atoms with Gasteiger partial charge in [0.05, 0.1) is 0 Å². The standard InChI is InChI=1S/C7H10N6/c1-4-3-6-11-10-5(2)13(6)12-7(4)9-8/h3H,8H2,1-2H3,(H,9,12). The van der Waals surface area contributed by atoms with E-state index >= 15 is 0 Å². The van der Waals surface area contributed by atoms with E-state index in [1.165, 1.54) is 0 Å². The third-order valence-electron chi connectivity index (χ3n) is 1.88. The minimum atomic E-state index is 0.635. The van der Waals surface area contributed by atoms with Gasteiger partial charge in [-0.05, 0) is 25.5 Å². The monoisotopic (exact) mass is 178 g/mol. The van der Waals surface area contributed by atoms with E-state index in [4.69, 9.17) is 5.84 Å². The zero-order chi connectivity index (χ0) is 9.42. The van der Waals surface area contributed by atoms with Crippen molar-refractivity contribution in [1.82, 2.24) is 19.8 Å². The Labute approximate surface area is 74.7 Å². The lowest BCUT2D eigenvalue weighted by Gasteiger charge is -2.03. The number of fused-ring (bicyclic) bond motifs is 1. The van der Waals surface area contributed by atoms with Gasteiger partial charge in [-0.15, -0.1) is 15.3 Å². The van der Waals surface area contributed by atoms with Crippen LogP contribution in [0.4, 0.5) is 5.82 Å². The van der Waals surface area contributed by atoms with Gasteiger partial charge in [0.25, 0.3) is 0 Å². The van der Waals surface area contributed by atoms with Crippen LogP contribution < -0.4 is 11.3 Å². The predicted octanol–water partition coefficient (Wildman–Crippen LogP) is 0.0267. The van der Waals surface area contributed by atoms with Crippen molar-refractivity contribution in [2.45, 2.75) is 13.8 Å². The Balaban J connectivity index is 2.77. The van der Waals surface area contributed by atoms with Crippen LogP contribution in [0.2, 0.25) is 0 Å². The highest BCUT2D eigenvalue weighted by atomic mass is 15.4. The molecule has 2 rings (SSSR count). The van der Waals surface area contributed by atoms with Crippen molar-refractivity contribution in [3.63, 3.8) is 0 Å². The maximum Gasteiger partial charge on any atom is 0.178 e. The van der Waals surface area contributed by atoms with Crippen LogP contribution in [-0.2, 0) is 0 Å². The van der Waals surface area contributed by atoms with Gasteiger partial charge in [-0.2, -0.15) is 4.52 Å². The van der Waals surface area contributed by atoms with E-state index in [-0.39, 0.29) is 0 Å². The lowest BCUT2D eigenvalue weighted by molar-refractivity contribution is 0.870. The fraction of sp³-hybridized carbons (Fsp3) is 0.286. The van der Waals surface area contributed by atoms with Crippen molar-refractivity contribution >= 4 is 11.5 Å². The quantitative estimate of drug-likeness (QED) is 0.475. The normalized spacial score (nSPS) is 10.7. The summed E-state index contributed by atoms with van der Waals surface area (Å²) in [6.45, 7) is 3.74. The average Bonchev–Trinajstić information content (AvgIpc) is 2.46. The van der Waals surface area contributed by atoms with Crippen molar-refractivity contribution in [2.24, 2.45) is 5.84 Å². The van der Waals surface area contributed by atoms with E-state index in [0.29, 0.717) is 5.82 Å². The fourth-order valence-electron chi connectivity index (χ4n) is 1.17. The van der Waals surface area contributed by atoms with Crippen molar-refractivity contribution in [2.75, 3.05) is 5.43 Å². The molecule has 0 aromatic carbocycles. The first-order valence-corrected chi connectivity index (χ1v) is 3.88. The van der Waals surface area contributed by atoms with Crippen LogP contribution in [0.3, 0.4) is 0 Å². The largest absolute Gasteiger partial charge is 0.307 e. The summed E-state index contributed by atoms with van der Waals surface area (Å²) in [7, 11) is 0. The number of aromatic nitrogens is 4. The first kappa shape index (κ1) is 7.93. The molecule has 0 saturated heterocycles. The second kappa shape index (κ2) is 2.67. The molecule has 0 saturated carbocycles. The third-order valence-corrected chi connectivity index (χ3v) is 1.88. The molecule has 0 spiro atoms. The number of nitrogens with two attached hydrogens (primary N) is 1. The molecule has 0 fully saturated rings. The van der Waals surface area contributed by atoms with Gasteiger partial charge in [0.2, 0.25) is 0 Å². The molecule has 0 aliphatic heterocycles. The van der Waals surface area contributed by atoms with E-state index in [9.17, 15) is 0 Å². The summed E-state index contributed by atoms with van der Waals surface area (Å²) in [6, 6.07) is 1.88. The van der Waals surface area contributed by atoms with Crippen LogP contribution in [0.15, 0.2) is 6.07 Å². The van der Waals surface area contributed by atoms with E-state index in [0.717, 1.165) is 17.0 Å². The Morgan fingerprint density at radius 2 is 2.15 bits per heavy atom. The number of rotatable bonds is 1. The van der Waals surface area contributed by atoms with Gasteiger partial charge >= 0.3 is 0 Å². The molecule has 6 heteroatoms. The van der Waals surface area contributed by atoms with Crippen LogP contribution in [0.1, 0.15) is 11.4 Å². The van der Waals surface area contributed by atoms with Gasteiger partial charge in [0.15, 0.2) is 17.3 Å². The molecule has 0 aliphatic rings. The van der Waals surface area contributed by atoms with Gasteiger partial charge in [-0.3, -0.25) is 0 Å². The number of hydrazine groups is 1. The van der Waals surface area contributed by atoms with Crippen LogP contribution in [0.25, 0.3) is 5.65 Å². The Hall–Kier alpha value is -1.69. The highest BCUT2D eigenvalue weighted by molar-refractivity contribution is 5.49. The molecule has 0 unspecified atom stereocenters. The van der Waals surface area contributed by atoms with Gasteiger partial charge in [0, 0.05) is 0 Å². The first-order chi connectivity index (χ1) is 6.22. The summed E-state index contributed by atoms with van der Waals surface area (Å²) >= 11 is 0. The predicted molar refractivity (Wildman–Crippen MR) is 48.1 cm³/mol. The molecule has 2 aromatic heterocycles. The summed E-state index contributed by atoms with van der Waals surface area (Å²) < 4.78 is 1.64. The molecule has 13 heavy (non-hydrogen) atoms. The second-order valence-electron chi connectivity index (χ2n) is 2.84. The maximum atomic E-state index is 5.29. The van der Waals surface area contributed by atoms with Crippen LogP contribution >= 0.6 is 0 Å². The Kier molecular flexibility index (Phi) is 1.63. The van der Waals surface area contributed by atoms with Gasteiger partial charge in [0.1, 0.15) is 0 Å². The van der Waals surface area contributed by atoms with E-state index in [1.54, 1.807) is 4.52 Å². The van der Waals surface area contributed by atoms with Crippen LogP contribution in [0.5, 0.6) is 0 Å². The zero-order valence-corrected chi connectivity index (χ0v) is 7.44. The van der Waals surface area contributed by atoms with Crippen LogP contribution in [0, 0.1) is 13.8 Å². The van der Waals surface area contributed by atoms with Crippen molar-refractivity contribution in [1.29, 1.82) is 0 Å². The van der Waals surface area contributed by atoms with E-state index < -0.39 is 0 Å². The zero-order valence-electron chi connectivity index (χ0n) is 7.44. The van der Waals surface area contributed by atoms with Gasteiger partial charge in [-0.25, -0.2) is 5.84 Å². The number of hydrogen-bond acceptors (Lipinski definition) is 5. The lowest BCUT2D eigenvalue weighted by atomic mass is 10.3. The van der Waals surface area contributed by atoms with Gasteiger partial charge in [-0.1, -0.05) is 0 Å². The Morgan fingerprint density at radius 3 is 2.85 bits per heavy atom. The number of nitrogen functional groups attached to an aromatic ring is 1. The molecule has 0 atom stereocenters. The van der Waals surface area contributed by atoms with Crippen molar-refractivity contribution in [3.8, 4) is 0 Å². The van der Waals surface area contributed by atoms with Crippen LogP contribution in [-0.4, -0.2) is 19.8 Å². The maximum absolute atomic E-state index is 5.29. The molecule has 68 valence electrons. The number of hydrogen-bond donors (Lipinski definition) is 2. The topological polar surface area (TPSA) is 81.1 Å². The number of nitrogens with one attached hydrogen (secondary N) is 1. The number of nitrogens with zero attached hydrogens (tertiary/aromatic N) is 4. The molecule has 0 radical (unpaired) electrons. The number of aryl methyl sites for hydroxylation is 2. The van der Waals surface area contributed by atoms with Gasteiger partial charge < -0.3 is 5.43 Å². The first-order valence-electron chi connectivity index (χ1n) is 3.88. The molecule has 0 amide bonds. The van der Waals surface area contributed by atoms with E-state index in [1.807, 2.05) is 19.9 Å². The summed E-state index contributed by atoms with van der Waals surface area (Å²) in [4.78, 5) is 0. The lowest BCUT2D eigenvalue weighted by Crippen LogP contribution is -2.12. The molecule has 2 aromatic rings. The van der Waals surface area contributed by atoms with E-state index in [2.05, 4.69) is 20.7 Å². The minimum absolute atomic E-state index is 0.635. The highest BCUT2D eigenvalue weighted by Gasteiger charge is 2.05. The number of anilines is 1. The summed E-state index contributed by atoms with van der Waals surface area (Å²) in [5, 5.41) is 12.0. The summed E-state index contributed by atoms with van der Waals surface area (Å²) in [5.74, 6) is 6.67. The summed E-state index contributed by atoms with van der Waals surface area (Å²) in [5.41, 5.74) is 4.19. The molecular formula is C7H10N6. The average molecular weight is 178 g/mol. The fourth-order valence-corrected chi connectivity index (χ4v) is 1.17. The van der Waals surface area contributed by atoms with Crippen molar-refractivity contribution in [3.05, 3.63) is 17.5 Å². The highest BCUT2D eigenvalue weighted by Crippen LogP contribution is 2.11. The SMILES string of the molecule is Cc1cc2nnc(C)n2nc1NN. The third kappa shape index (κ3) is 1.11.